The zero-order valence-electron chi connectivity index (χ0n) is 7.61. The molecule has 3 heteroatoms. The molecule has 0 radical (unpaired) electrons. The molecular weight excluding hydrogens is 168 g/mol. The summed E-state index contributed by atoms with van der Waals surface area (Å²) in [5, 5.41) is 18.3. The zero-order chi connectivity index (χ0) is 10.1. The molecule has 70 valence electrons. The van der Waals surface area contributed by atoms with E-state index in [1.165, 1.54) is 6.92 Å². The topological polar surface area (TPSA) is 57.5 Å². The molecule has 0 spiro atoms. The number of rotatable bonds is 2. The van der Waals surface area contributed by atoms with Crippen LogP contribution in [0.2, 0.25) is 0 Å². The van der Waals surface area contributed by atoms with Crippen molar-refractivity contribution in [2.45, 2.75) is 19.4 Å². The number of carboxylic acid groups (broad SMARTS) is 1. The van der Waals surface area contributed by atoms with Crippen LogP contribution in [0.15, 0.2) is 24.3 Å². The van der Waals surface area contributed by atoms with E-state index in [4.69, 9.17) is 5.11 Å². The van der Waals surface area contributed by atoms with Crippen molar-refractivity contribution in [2.24, 2.45) is 0 Å². The van der Waals surface area contributed by atoms with Gasteiger partial charge in [-0.05, 0) is 19.4 Å². The maximum atomic E-state index is 10.7. The summed E-state index contributed by atoms with van der Waals surface area (Å²) in [5.41, 5.74) is -0.371. The van der Waals surface area contributed by atoms with Crippen molar-refractivity contribution in [3.8, 4) is 0 Å². The van der Waals surface area contributed by atoms with Gasteiger partial charge in [-0.3, -0.25) is 0 Å². The Morgan fingerprint density at radius 2 is 1.77 bits per heavy atom. The standard InChI is InChI=1S/C10H12O3/c1-7-3-5-8(6-4-7)10(2,13)9(11)12/h3-6,13H,1-2H3,(H,11,12). The molecule has 0 aliphatic carbocycles. The van der Waals surface area contributed by atoms with E-state index in [-0.39, 0.29) is 0 Å². The smallest absolute Gasteiger partial charge is 0.340 e. The SMILES string of the molecule is Cc1ccc(C(C)(O)C(=O)O)cc1. The molecule has 1 atom stereocenters. The first-order chi connectivity index (χ1) is 5.94. The van der Waals surface area contributed by atoms with Gasteiger partial charge in [0.15, 0.2) is 5.60 Å². The predicted octanol–water partition coefficient (Wildman–Crippen LogP) is 1.29. The van der Waals surface area contributed by atoms with Crippen LogP contribution in [0.25, 0.3) is 0 Å². The second kappa shape index (κ2) is 3.18. The molecule has 0 saturated carbocycles. The van der Waals surface area contributed by atoms with Crippen LogP contribution < -0.4 is 0 Å². The van der Waals surface area contributed by atoms with E-state index in [1.807, 2.05) is 6.92 Å². The lowest BCUT2D eigenvalue weighted by atomic mass is 9.95. The molecule has 0 heterocycles. The van der Waals surface area contributed by atoms with E-state index in [0.29, 0.717) is 5.56 Å². The normalized spacial score (nSPS) is 15.0. The van der Waals surface area contributed by atoms with Gasteiger partial charge in [0.2, 0.25) is 0 Å². The lowest BCUT2D eigenvalue weighted by Gasteiger charge is -2.18. The number of benzene rings is 1. The summed E-state index contributed by atoms with van der Waals surface area (Å²) in [4.78, 5) is 10.7. The first-order valence-corrected chi connectivity index (χ1v) is 3.97. The molecule has 3 nitrogen and oxygen atoms in total. The first-order valence-electron chi connectivity index (χ1n) is 3.97. The van der Waals surface area contributed by atoms with Gasteiger partial charge in [-0.1, -0.05) is 29.8 Å². The van der Waals surface area contributed by atoms with Crippen LogP contribution in [0.5, 0.6) is 0 Å². The van der Waals surface area contributed by atoms with E-state index in [2.05, 4.69) is 0 Å². The third-order valence-corrected chi connectivity index (χ3v) is 2.03. The number of aryl methyl sites for hydroxylation is 1. The fourth-order valence-electron chi connectivity index (χ4n) is 1.00. The molecule has 1 aromatic carbocycles. The molecule has 0 amide bonds. The van der Waals surface area contributed by atoms with Gasteiger partial charge in [0.05, 0.1) is 0 Å². The minimum absolute atomic E-state index is 0.394. The highest BCUT2D eigenvalue weighted by Crippen LogP contribution is 2.20. The van der Waals surface area contributed by atoms with Crippen LogP contribution in [0, 0.1) is 6.92 Å². The molecule has 0 bridgehead atoms. The van der Waals surface area contributed by atoms with Crippen LogP contribution in [-0.2, 0) is 10.4 Å². The third-order valence-electron chi connectivity index (χ3n) is 2.03. The molecule has 0 aromatic heterocycles. The van der Waals surface area contributed by atoms with Crippen LogP contribution in [0.4, 0.5) is 0 Å². The summed E-state index contributed by atoms with van der Waals surface area (Å²) in [5.74, 6) is -1.24. The summed E-state index contributed by atoms with van der Waals surface area (Å²) >= 11 is 0. The fraction of sp³-hybridized carbons (Fsp3) is 0.300. The average Bonchev–Trinajstić information content (AvgIpc) is 2.04. The Morgan fingerprint density at radius 3 is 2.15 bits per heavy atom. The van der Waals surface area contributed by atoms with Gasteiger partial charge in [0.25, 0.3) is 0 Å². The minimum Gasteiger partial charge on any atom is -0.479 e. The Labute approximate surface area is 76.6 Å². The van der Waals surface area contributed by atoms with Crippen LogP contribution in [0.3, 0.4) is 0 Å². The Kier molecular flexibility index (Phi) is 2.38. The van der Waals surface area contributed by atoms with Gasteiger partial charge in [0.1, 0.15) is 0 Å². The predicted molar refractivity (Wildman–Crippen MR) is 48.4 cm³/mol. The summed E-state index contributed by atoms with van der Waals surface area (Å²) < 4.78 is 0. The number of aliphatic carboxylic acids is 1. The van der Waals surface area contributed by atoms with Crippen molar-refractivity contribution >= 4 is 5.97 Å². The third kappa shape index (κ3) is 1.87. The number of aliphatic hydroxyl groups is 1. The van der Waals surface area contributed by atoms with Gasteiger partial charge in [-0.25, -0.2) is 4.79 Å². The van der Waals surface area contributed by atoms with Crippen LogP contribution in [-0.4, -0.2) is 16.2 Å². The summed E-state index contributed by atoms with van der Waals surface area (Å²) in [7, 11) is 0. The van der Waals surface area contributed by atoms with Crippen molar-refractivity contribution in [3.05, 3.63) is 35.4 Å². The fourth-order valence-corrected chi connectivity index (χ4v) is 1.00. The molecule has 0 fully saturated rings. The van der Waals surface area contributed by atoms with Crippen molar-refractivity contribution in [3.63, 3.8) is 0 Å². The van der Waals surface area contributed by atoms with E-state index >= 15 is 0 Å². The summed E-state index contributed by atoms with van der Waals surface area (Å²) in [6.45, 7) is 3.17. The molecule has 1 rings (SSSR count). The first kappa shape index (κ1) is 9.74. The number of carbonyl (C=O) groups is 1. The van der Waals surface area contributed by atoms with Gasteiger partial charge >= 0.3 is 5.97 Å². The van der Waals surface area contributed by atoms with Gasteiger partial charge < -0.3 is 10.2 Å². The maximum absolute atomic E-state index is 10.7. The molecule has 2 N–H and O–H groups in total. The second-order valence-electron chi connectivity index (χ2n) is 3.24. The van der Waals surface area contributed by atoms with E-state index < -0.39 is 11.6 Å². The Morgan fingerprint density at radius 1 is 1.31 bits per heavy atom. The molecule has 13 heavy (non-hydrogen) atoms. The molecule has 0 aliphatic heterocycles. The molecule has 1 aromatic rings. The molecule has 0 saturated heterocycles. The van der Waals surface area contributed by atoms with Crippen molar-refractivity contribution < 1.29 is 15.0 Å². The number of hydrogen-bond acceptors (Lipinski definition) is 2. The van der Waals surface area contributed by atoms with Crippen LogP contribution in [0.1, 0.15) is 18.1 Å². The maximum Gasteiger partial charge on any atom is 0.340 e. The zero-order valence-corrected chi connectivity index (χ0v) is 7.61. The monoisotopic (exact) mass is 180 g/mol. The van der Waals surface area contributed by atoms with Crippen molar-refractivity contribution in [1.29, 1.82) is 0 Å². The Balaban J connectivity index is 3.08. The quantitative estimate of drug-likeness (QED) is 0.721. The van der Waals surface area contributed by atoms with E-state index in [1.54, 1.807) is 24.3 Å². The van der Waals surface area contributed by atoms with Gasteiger partial charge in [-0.2, -0.15) is 0 Å². The molecule has 1 unspecified atom stereocenters. The Bertz CT molecular complexity index is 311. The molecular formula is C10H12O3. The number of hydrogen-bond donors (Lipinski definition) is 2. The van der Waals surface area contributed by atoms with E-state index in [0.717, 1.165) is 5.56 Å². The highest BCUT2D eigenvalue weighted by atomic mass is 16.4. The van der Waals surface area contributed by atoms with Crippen molar-refractivity contribution in [1.82, 2.24) is 0 Å². The second-order valence-corrected chi connectivity index (χ2v) is 3.24. The van der Waals surface area contributed by atoms with Gasteiger partial charge in [-0.15, -0.1) is 0 Å². The minimum atomic E-state index is -1.80. The lowest BCUT2D eigenvalue weighted by Crippen LogP contribution is -2.31. The Hall–Kier alpha value is -1.35. The lowest BCUT2D eigenvalue weighted by molar-refractivity contribution is -0.157. The van der Waals surface area contributed by atoms with E-state index in [9.17, 15) is 9.90 Å². The van der Waals surface area contributed by atoms with Gasteiger partial charge in [0, 0.05) is 0 Å². The van der Waals surface area contributed by atoms with Crippen molar-refractivity contribution in [2.75, 3.05) is 0 Å². The highest BCUT2D eigenvalue weighted by Gasteiger charge is 2.31. The summed E-state index contributed by atoms with van der Waals surface area (Å²) in [6, 6.07) is 6.77. The highest BCUT2D eigenvalue weighted by molar-refractivity contribution is 5.78. The number of carboxylic acids is 1. The molecule has 0 aliphatic rings. The average molecular weight is 180 g/mol. The van der Waals surface area contributed by atoms with Crippen LogP contribution >= 0.6 is 0 Å². The summed E-state index contributed by atoms with van der Waals surface area (Å²) in [6.07, 6.45) is 0. The largest absolute Gasteiger partial charge is 0.479 e.